The molecular formula is C29H27F6N5O2. The number of nitrogens with zero attached hydrogens (tertiary/aromatic N) is 4. The summed E-state index contributed by atoms with van der Waals surface area (Å²) in [6.07, 6.45) is -4.07. The molecule has 42 heavy (non-hydrogen) atoms. The van der Waals surface area contributed by atoms with Crippen LogP contribution in [-0.2, 0) is 27.6 Å². The SMILES string of the molecule is FC(F)(F)c1ccc(Nc2nc(CN3CCC4(CC3)OCCO4)nc3cc(C4(C(F)(F)F)C=CC=NC4)ccc23)cc1. The number of piperidine rings is 1. The Morgan fingerprint density at radius 1 is 0.905 bits per heavy atom. The van der Waals surface area contributed by atoms with Crippen LogP contribution in [0, 0.1) is 0 Å². The van der Waals surface area contributed by atoms with E-state index in [9.17, 15) is 26.3 Å². The second kappa shape index (κ2) is 10.6. The van der Waals surface area contributed by atoms with Gasteiger partial charge in [-0.25, -0.2) is 9.97 Å². The lowest BCUT2D eigenvalue weighted by molar-refractivity contribution is -0.186. The first kappa shape index (κ1) is 28.6. The molecule has 2 fully saturated rings. The first-order chi connectivity index (χ1) is 20.0. The van der Waals surface area contributed by atoms with Crippen molar-refractivity contribution < 1.29 is 35.8 Å². The van der Waals surface area contributed by atoms with Gasteiger partial charge in [-0.1, -0.05) is 12.1 Å². The third kappa shape index (κ3) is 5.48. The molecule has 0 amide bonds. The van der Waals surface area contributed by atoms with Crippen molar-refractivity contribution in [2.75, 3.05) is 38.2 Å². The highest BCUT2D eigenvalue weighted by Crippen LogP contribution is 2.45. The molecule has 1 atom stereocenters. The van der Waals surface area contributed by atoms with Crippen LogP contribution in [-0.4, -0.2) is 65.9 Å². The van der Waals surface area contributed by atoms with Gasteiger partial charge in [-0.3, -0.25) is 9.89 Å². The van der Waals surface area contributed by atoms with Gasteiger partial charge in [-0.2, -0.15) is 26.3 Å². The number of aliphatic imine (C=N–C) groups is 1. The van der Waals surface area contributed by atoms with Crippen LogP contribution < -0.4 is 5.32 Å². The number of benzene rings is 2. The van der Waals surface area contributed by atoms with Gasteiger partial charge in [0.05, 0.1) is 37.4 Å². The molecule has 0 aliphatic carbocycles. The van der Waals surface area contributed by atoms with Crippen molar-refractivity contribution in [2.24, 2.45) is 4.99 Å². The zero-order chi connectivity index (χ0) is 29.6. The summed E-state index contributed by atoms with van der Waals surface area (Å²) in [5.41, 5.74) is -2.52. The van der Waals surface area contributed by atoms with Crippen molar-refractivity contribution in [3.8, 4) is 0 Å². The average molecular weight is 592 g/mol. The Kier molecular flexibility index (Phi) is 7.22. The van der Waals surface area contributed by atoms with Gasteiger partial charge in [-0.15, -0.1) is 0 Å². The fourth-order valence-electron chi connectivity index (χ4n) is 5.59. The maximum absolute atomic E-state index is 14.4. The maximum atomic E-state index is 14.4. The van der Waals surface area contributed by atoms with Crippen molar-refractivity contribution in [1.82, 2.24) is 14.9 Å². The van der Waals surface area contributed by atoms with E-state index in [0.29, 0.717) is 62.6 Å². The summed E-state index contributed by atoms with van der Waals surface area (Å²) in [6.45, 7) is 2.20. The van der Waals surface area contributed by atoms with Crippen LogP contribution in [0.3, 0.4) is 0 Å². The minimum absolute atomic E-state index is 0.0174. The molecule has 1 spiro atoms. The molecule has 1 aromatic heterocycles. The van der Waals surface area contributed by atoms with Crippen molar-refractivity contribution >= 4 is 28.6 Å². The summed E-state index contributed by atoms with van der Waals surface area (Å²) >= 11 is 0. The van der Waals surface area contributed by atoms with E-state index in [-0.39, 0.29) is 16.9 Å². The smallest absolute Gasteiger partial charge is 0.347 e. The zero-order valence-electron chi connectivity index (χ0n) is 22.3. The molecule has 1 unspecified atom stereocenters. The highest BCUT2D eigenvalue weighted by molar-refractivity contribution is 5.91. The number of alkyl halides is 6. The first-order valence-corrected chi connectivity index (χ1v) is 13.5. The highest BCUT2D eigenvalue weighted by Gasteiger charge is 2.54. The number of fused-ring (bicyclic) bond motifs is 1. The van der Waals surface area contributed by atoms with Crippen molar-refractivity contribution in [3.05, 3.63) is 71.6 Å². The van der Waals surface area contributed by atoms with E-state index < -0.39 is 35.7 Å². The second-order valence-electron chi connectivity index (χ2n) is 10.6. The third-order valence-corrected chi connectivity index (χ3v) is 7.95. The van der Waals surface area contributed by atoms with Gasteiger partial charge in [0, 0.05) is 43.2 Å². The van der Waals surface area contributed by atoms with E-state index in [2.05, 4.69) is 25.2 Å². The molecule has 7 nitrogen and oxygen atoms in total. The number of dihydropyridines is 1. The van der Waals surface area contributed by atoms with Crippen LogP contribution in [0.25, 0.3) is 10.9 Å². The Balaban J connectivity index is 1.36. The predicted molar refractivity (Wildman–Crippen MR) is 144 cm³/mol. The topological polar surface area (TPSA) is 71.9 Å². The maximum Gasteiger partial charge on any atom is 0.416 e. The molecule has 3 aliphatic rings. The molecule has 0 saturated carbocycles. The molecule has 0 bridgehead atoms. The Morgan fingerprint density at radius 2 is 1.62 bits per heavy atom. The molecule has 2 saturated heterocycles. The van der Waals surface area contributed by atoms with E-state index >= 15 is 0 Å². The van der Waals surface area contributed by atoms with Crippen molar-refractivity contribution in [3.63, 3.8) is 0 Å². The summed E-state index contributed by atoms with van der Waals surface area (Å²) in [7, 11) is 0. The van der Waals surface area contributed by atoms with E-state index in [4.69, 9.17) is 9.47 Å². The second-order valence-corrected chi connectivity index (χ2v) is 10.6. The molecule has 1 N–H and O–H groups in total. The highest BCUT2D eigenvalue weighted by atomic mass is 19.4. The molecular weight excluding hydrogens is 564 g/mol. The van der Waals surface area contributed by atoms with Gasteiger partial charge in [0.1, 0.15) is 17.1 Å². The Labute approximate surface area is 237 Å². The first-order valence-electron chi connectivity index (χ1n) is 13.5. The molecule has 2 aromatic carbocycles. The lowest BCUT2D eigenvalue weighted by atomic mass is 9.78. The summed E-state index contributed by atoms with van der Waals surface area (Å²) in [5.74, 6) is 0.0550. The van der Waals surface area contributed by atoms with Crippen LogP contribution in [0.2, 0.25) is 0 Å². The van der Waals surface area contributed by atoms with Gasteiger partial charge < -0.3 is 14.8 Å². The number of hydrogen-bond acceptors (Lipinski definition) is 7. The fourth-order valence-corrected chi connectivity index (χ4v) is 5.59. The van der Waals surface area contributed by atoms with Gasteiger partial charge in [0.2, 0.25) is 0 Å². The number of hydrogen-bond donors (Lipinski definition) is 1. The molecule has 3 aromatic rings. The third-order valence-electron chi connectivity index (χ3n) is 7.95. The normalized spacial score (nSPS) is 22.7. The minimum Gasteiger partial charge on any atom is -0.347 e. The van der Waals surface area contributed by atoms with Crippen LogP contribution >= 0.6 is 0 Å². The number of ether oxygens (including phenoxy) is 2. The number of nitrogens with one attached hydrogen (secondary N) is 1. The lowest BCUT2D eigenvalue weighted by Gasteiger charge is -2.37. The number of rotatable bonds is 5. The predicted octanol–water partition coefficient (Wildman–Crippen LogP) is 6.17. The van der Waals surface area contributed by atoms with Gasteiger partial charge in [0.25, 0.3) is 0 Å². The monoisotopic (exact) mass is 591 g/mol. The zero-order valence-corrected chi connectivity index (χ0v) is 22.3. The Morgan fingerprint density at radius 3 is 2.24 bits per heavy atom. The quantitative estimate of drug-likeness (QED) is 0.358. The Hall–Kier alpha value is -3.55. The Bertz CT molecular complexity index is 1510. The number of allylic oxidation sites excluding steroid dienone is 1. The summed E-state index contributed by atoms with van der Waals surface area (Å²) < 4.78 is 94.0. The summed E-state index contributed by atoms with van der Waals surface area (Å²) in [4.78, 5) is 15.3. The van der Waals surface area contributed by atoms with Gasteiger partial charge >= 0.3 is 12.4 Å². The number of halogens is 6. The molecule has 13 heteroatoms. The molecule has 4 heterocycles. The van der Waals surface area contributed by atoms with Crippen LogP contribution in [0.4, 0.5) is 37.8 Å². The van der Waals surface area contributed by atoms with E-state index in [1.165, 1.54) is 42.6 Å². The lowest BCUT2D eigenvalue weighted by Crippen LogP contribution is -2.45. The van der Waals surface area contributed by atoms with Crippen LogP contribution in [0.15, 0.2) is 59.6 Å². The molecule has 6 rings (SSSR count). The largest absolute Gasteiger partial charge is 0.416 e. The van der Waals surface area contributed by atoms with Gasteiger partial charge in [0.15, 0.2) is 5.79 Å². The minimum atomic E-state index is -4.61. The van der Waals surface area contributed by atoms with E-state index in [1.807, 2.05) is 0 Å². The van der Waals surface area contributed by atoms with E-state index in [0.717, 1.165) is 18.2 Å². The summed E-state index contributed by atoms with van der Waals surface area (Å²) in [6, 6.07) is 8.71. The van der Waals surface area contributed by atoms with Crippen LogP contribution in [0.5, 0.6) is 0 Å². The number of aromatic nitrogens is 2. The molecule has 3 aliphatic heterocycles. The fraction of sp³-hybridized carbons (Fsp3) is 0.414. The van der Waals surface area contributed by atoms with E-state index in [1.54, 1.807) is 0 Å². The molecule has 0 radical (unpaired) electrons. The van der Waals surface area contributed by atoms with Crippen molar-refractivity contribution in [1.29, 1.82) is 0 Å². The van der Waals surface area contributed by atoms with Crippen molar-refractivity contribution in [2.45, 2.75) is 42.9 Å². The molecule has 222 valence electrons. The standard InChI is InChI=1S/C29H27F6N5O2/c30-28(31,32)19-2-5-21(6-3-19)37-25-22-7-4-20(26(29(33,34)35)8-1-11-36-18-26)16-23(22)38-24(39-25)17-40-12-9-27(10-13-40)41-14-15-42-27/h1-8,11,16H,9-10,12-15,17-18H2,(H,37,38,39). The average Bonchev–Trinajstić information content (AvgIpc) is 3.41. The number of likely N-dealkylation sites (tertiary alicyclic amines) is 1. The van der Waals surface area contributed by atoms with Crippen LogP contribution in [0.1, 0.15) is 29.8 Å². The summed E-state index contributed by atoms with van der Waals surface area (Å²) in [5, 5.41) is 3.47. The number of anilines is 2. The van der Waals surface area contributed by atoms with Gasteiger partial charge in [-0.05, 0) is 48.0 Å².